The van der Waals surface area contributed by atoms with Crippen molar-refractivity contribution in [2.75, 3.05) is 0 Å². The Bertz CT molecular complexity index is 1120. The summed E-state index contributed by atoms with van der Waals surface area (Å²) in [6, 6.07) is 7.54. The number of carbonyl (C=O) groups is 1. The highest BCUT2D eigenvalue weighted by Gasteiger charge is 2.14. The van der Waals surface area contributed by atoms with Gasteiger partial charge in [-0.3, -0.25) is 14.8 Å². The Labute approximate surface area is 164 Å². The van der Waals surface area contributed by atoms with Gasteiger partial charge in [-0.25, -0.2) is 4.68 Å². The van der Waals surface area contributed by atoms with Crippen LogP contribution in [0.25, 0.3) is 16.3 Å². The molecule has 4 aromatic rings. The summed E-state index contributed by atoms with van der Waals surface area (Å²) in [5.41, 5.74) is 3.62. The van der Waals surface area contributed by atoms with E-state index in [4.69, 9.17) is 0 Å². The zero-order valence-electron chi connectivity index (χ0n) is 15.2. The van der Waals surface area contributed by atoms with Crippen molar-refractivity contribution in [3.63, 3.8) is 0 Å². The van der Waals surface area contributed by atoms with Crippen molar-refractivity contribution >= 4 is 17.2 Å². The number of nitrogens with zero attached hydrogens (tertiary/aromatic N) is 7. The molecule has 0 aromatic carbocycles. The van der Waals surface area contributed by atoms with Crippen LogP contribution >= 0.6 is 11.3 Å². The Balaban J connectivity index is 1.42. The molecule has 0 spiro atoms. The summed E-state index contributed by atoms with van der Waals surface area (Å²) in [5, 5.41) is 20.5. The molecule has 0 atom stereocenters. The van der Waals surface area contributed by atoms with Crippen LogP contribution in [0.2, 0.25) is 0 Å². The van der Waals surface area contributed by atoms with Gasteiger partial charge in [-0.2, -0.15) is 0 Å². The van der Waals surface area contributed by atoms with E-state index in [9.17, 15) is 4.79 Å². The predicted molar refractivity (Wildman–Crippen MR) is 103 cm³/mol. The van der Waals surface area contributed by atoms with Crippen LogP contribution in [-0.2, 0) is 6.54 Å². The quantitative estimate of drug-likeness (QED) is 0.554. The van der Waals surface area contributed by atoms with Gasteiger partial charge in [-0.15, -0.1) is 15.3 Å². The van der Waals surface area contributed by atoms with Gasteiger partial charge in [0.2, 0.25) is 0 Å². The normalized spacial score (nSPS) is 10.8. The maximum absolute atomic E-state index is 12.4. The summed E-state index contributed by atoms with van der Waals surface area (Å²) in [4.78, 5) is 20.9. The maximum atomic E-state index is 12.4. The summed E-state index contributed by atoms with van der Waals surface area (Å²) in [5.74, 6) is -0.331. The Morgan fingerprint density at radius 3 is 2.86 bits per heavy atom. The molecular formula is C18H16N8OS. The number of amides is 1. The van der Waals surface area contributed by atoms with Crippen molar-refractivity contribution in [3.8, 4) is 16.3 Å². The van der Waals surface area contributed by atoms with Crippen molar-refractivity contribution < 1.29 is 4.79 Å². The summed E-state index contributed by atoms with van der Waals surface area (Å²) < 4.78 is 1.54. The lowest BCUT2D eigenvalue weighted by Gasteiger charge is -2.04. The van der Waals surface area contributed by atoms with Gasteiger partial charge < -0.3 is 5.32 Å². The fourth-order valence-corrected chi connectivity index (χ4v) is 3.35. The molecule has 4 rings (SSSR count). The van der Waals surface area contributed by atoms with E-state index in [-0.39, 0.29) is 18.1 Å². The van der Waals surface area contributed by atoms with E-state index < -0.39 is 0 Å². The number of carbonyl (C=O) groups excluding carboxylic acids is 1. The van der Waals surface area contributed by atoms with E-state index in [2.05, 4.69) is 35.8 Å². The SMILES string of the molecule is Cc1ccc(-n2cc(C(=O)NCc3nnc(-c4cccnc4)s3)nn2)c(C)n1. The minimum Gasteiger partial charge on any atom is -0.344 e. The highest BCUT2D eigenvalue weighted by atomic mass is 32.1. The summed E-state index contributed by atoms with van der Waals surface area (Å²) >= 11 is 1.40. The number of aryl methyl sites for hydroxylation is 2. The average molecular weight is 392 g/mol. The van der Waals surface area contributed by atoms with Gasteiger partial charge >= 0.3 is 0 Å². The fourth-order valence-electron chi connectivity index (χ4n) is 2.58. The van der Waals surface area contributed by atoms with Crippen molar-refractivity contribution in [2.24, 2.45) is 0 Å². The molecule has 0 aliphatic carbocycles. The molecule has 9 nitrogen and oxygen atoms in total. The molecule has 0 saturated heterocycles. The molecule has 1 amide bonds. The van der Waals surface area contributed by atoms with Crippen molar-refractivity contribution in [1.82, 2.24) is 40.5 Å². The van der Waals surface area contributed by atoms with Crippen LogP contribution in [0, 0.1) is 13.8 Å². The van der Waals surface area contributed by atoms with Crippen molar-refractivity contribution in [1.29, 1.82) is 0 Å². The van der Waals surface area contributed by atoms with Crippen LogP contribution < -0.4 is 5.32 Å². The Hall–Kier alpha value is -3.53. The molecule has 0 aliphatic heterocycles. The van der Waals surface area contributed by atoms with Crippen LogP contribution in [0.1, 0.15) is 26.9 Å². The molecule has 0 saturated carbocycles. The van der Waals surface area contributed by atoms with E-state index in [1.165, 1.54) is 11.3 Å². The van der Waals surface area contributed by atoms with E-state index in [0.717, 1.165) is 27.6 Å². The molecule has 28 heavy (non-hydrogen) atoms. The highest BCUT2D eigenvalue weighted by molar-refractivity contribution is 7.14. The van der Waals surface area contributed by atoms with Gasteiger partial charge in [-0.1, -0.05) is 16.6 Å². The van der Waals surface area contributed by atoms with Crippen LogP contribution in [0.3, 0.4) is 0 Å². The summed E-state index contributed by atoms with van der Waals surface area (Å²) in [7, 11) is 0. The Morgan fingerprint density at radius 1 is 1.18 bits per heavy atom. The molecule has 0 radical (unpaired) electrons. The molecule has 0 unspecified atom stereocenters. The monoisotopic (exact) mass is 392 g/mol. The maximum Gasteiger partial charge on any atom is 0.273 e. The van der Waals surface area contributed by atoms with Gasteiger partial charge in [0.1, 0.15) is 10.0 Å². The number of hydrogen-bond donors (Lipinski definition) is 1. The standard InChI is InChI=1S/C18H16N8OS/c1-11-5-6-15(12(2)21-11)26-10-14(22-25-26)17(27)20-9-16-23-24-18(28-16)13-4-3-7-19-8-13/h3-8,10H,9H2,1-2H3,(H,20,27). The smallest absolute Gasteiger partial charge is 0.273 e. The van der Waals surface area contributed by atoms with Gasteiger partial charge in [-0.05, 0) is 38.1 Å². The molecule has 1 N–H and O–H groups in total. The third-order valence-electron chi connectivity index (χ3n) is 3.95. The second-order valence-corrected chi connectivity index (χ2v) is 7.09. The van der Waals surface area contributed by atoms with Crippen molar-refractivity contribution in [3.05, 3.63) is 64.9 Å². The van der Waals surface area contributed by atoms with Gasteiger partial charge in [0, 0.05) is 23.7 Å². The van der Waals surface area contributed by atoms with Gasteiger partial charge in [0.25, 0.3) is 5.91 Å². The van der Waals surface area contributed by atoms with Crippen LogP contribution in [0.5, 0.6) is 0 Å². The first-order valence-electron chi connectivity index (χ1n) is 8.48. The summed E-state index contributed by atoms with van der Waals surface area (Å²) in [6.07, 6.45) is 5.01. The van der Waals surface area contributed by atoms with Crippen LogP contribution in [0.4, 0.5) is 0 Å². The predicted octanol–water partition coefficient (Wildman–Crippen LogP) is 2.12. The Morgan fingerprint density at radius 2 is 2.07 bits per heavy atom. The Kier molecular flexibility index (Phi) is 4.85. The first kappa shape index (κ1) is 17.9. The molecule has 140 valence electrons. The van der Waals surface area contributed by atoms with Crippen LogP contribution in [0.15, 0.2) is 42.9 Å². The molecule has 0 fully saturated rings. The third kappa shape index (κ3) is 3.76. The largest absolute Gasteiger partial charge is 0.344 e. The molecule has 0 aliphatic rings. The zero-order valence-corrected chi connectivity index (χ0v) is 16.0. The highest BCUT2D eigenvalue weighted by Crippen LogP contribution is 2.22. The third-order valence-corrected chi connectivity index (χ3v) is 4.92. The molecule has 10 heteroatoms. The molecule has 4 heterocycles. The zero-order chi connectivity index (χ0) is 19.5. The topological polar surface area (TPSA) is 111 Å². The van der Waals surface area contributed by atoms with E-state index in [1.807, 2.05) is 38.1 Å². The number of nitrogens with one attached hydrogen (secondary N) is 1. The number of hydrogen-bond acceptors (Lipinski definition) is 8. The lowest BCUT2D eigenvalue weighted by Crippen LogP contribution is -2.23. The lowest BCUT2D eigenvalue weighted by atomic mass is 10.3. The molecular weight excluding hydrogens is 376 g/mol. The molecule has 4 aromatic heterocycles. The van der Waals surface area contributed by atoms with E-state index >= 15 is 0 Å². The number of rotatable bonds is 5. The second kappa shape index (κ2) is 7.61. The van der Waals surface area contributed by atoms with Crippen LogP contribution in [-0.4, -0.2) is 41.1 Å². The number of aromatic nitrogens is 7. The first-order valence-corrected chi connectivity index (χ1v) is 9.30. The lowest BCUT2D eigenvalue weighted by molar-refractivity contribution is 0.0945. The fraction of sp³-hybridized carbons (Fsp3) is 0.167. The second-order valence-electron chi connectivity index (χ2n) is 6.03. The summed E-state index contributed by atoms with van der Waals surface area (Å²) in [6.45, 7) is 4.07. The van der Waals surface area contributed by atoms with Gasteiger partial charge in [0.05, 0.1) is 24.1 Å². The minimum absolute atomic E-state index is 0.219. The van der Waals surface area contributed by atoms with E-state index in [1.54, 1.807) is 23.3 Å². The van der Waals surface area contributed by atoms with E-state index in [0.29, 0.717) is 5.01 Å². The van der Waals surface area contributed by atoms with Gasteiger partial charge in [0.15, 0.2) is 5.69 Å². The minimum atomic E-state index is -0.331. The number of pyridine rings is 2. The first-order chi connectivity index (χ1) is 13.6. The average Bonchev–Trinajstić information content (AvgIpc) is 3.37. The molecule has 0 bridgehead atoms. The van der Waals surface area contributed by atoms with Crippen molar-refractivity contribution in [2.45, 2.75) is 20.4 Å².